The molecular formula is C14H22BrNO3. The molecule has 1 rings (SSSR count). The van der Waals surface area contributed by atoms with Gasteiger partial charge in [-0.15, -0.1) is 0 Å². The van der Waals surface area contributed by atoms with Gasteiger partial charge in [-0.1, -0.05) is 29.8 Å². The fraction of sp³-hybridized carbons (Fsp3) is 0.571. The second-order valence-corrected chi connectivity index (χ2v) is 5.76. The van der Waals surface area contributed by atoms with Crippen molar-refractivity contribution >= 4 is 21.6 Å². The molecule has 0 aromatic heterocycles. The number of hydrogen-bond acceptors (Lipinski definition) is 4. The molecule has 0 saturated carbocycles. The first kappa shape index (κ1) is 16.3. The summed E-state index contributed by atoms with van der Waals surface area (Å²) in [5.74, 6) is 1.25. The van der Waals surface area contributed by atoms with Crippen LogP contribution in [0.25, 0.3) is 0 Å². The van der Waals surface area contributed by atoms with E-state index in [1.807, 2.05) is 18.2 Å². The van der Waals surface area contributed by atoms with Crippen molar-refractivity contribution in [3.05, 3.63) is 22.7 Å². The number of anilines is 1. The monoisotopic (exact) mass is 331 g/mol. The van der Waals surface area contributed by atoms with Crippen LogP contribution in [0.4, 0.5) is 5.69 Å². The molecule has 0 aliphatic rings. The summed E-state index contributed by atoms with van der Waals surface area (Å²) in [7, 11) is 1.63. The molecule has 0 bridgehead atoms. The second kappa shape index (κ2) is 8.40. The minimum absolute atomic E-state index is 0.344. The molecule has 0 heterocycles. The summed E-state index contributed by atoms with van der Waals surface area (Å²) in [5, 5.41) is 12.9. The van der Waals surface area contributed by atoms with E-state index in [0.29, 0.717) is 25.7 Å². The Hall–Kier alpha value is -0.780. The lowest BCUT2D eigenvalue weighted by Gasteiger charge is -2.15. The van der Waals surface area contributed by atoms with Crippen LogP contribution >= 0.6 is 15.9 Å². The quantitative estimate of drug-likeness (QED) is 0.769. The Labute approximate surface area is 123 Å². The van der Waals surface area contributed by atoms with Crippen molar-refractivity contribution in [1.82, 2.24) is 0 Å². The Morgan fingerprint density at radius 1 is 1.26 bits per heavy atom. The summed E-state index contributed by atoms with van der Waals surface area (Å²) in [6, 6.07) is 5.70. The van der Waals surface area contributed by atoms with Crippen molar-refractivity contribution in [2.24, 2.45) is 5.92 Å². The highest BCUT2D eigenvalue weighted by Crippen LogP contribution is 2.24. The smallest absolute Gasteiger partial charge is 0.122 e. The molecule has 1 aromatic rings. The Morgan fingerprint density at radius 3 is 2.63 bits per heavy atom. The van der Waals surface area contributed by atoms with Gasteiger partial charge in [0.05, 0.1) is 19.8 Å². The number of nitrogens with one attached hydrogen (secondary N) is 1. The number of ether oxygens (including phenoxy) is 2. The van der Waals surface area contributed by atoms with Crippen LogP contribution in [0.2, 0.25) is 0 Å². The van der Waals surface area contributed by atoms with E-state index in [-0.39, 0.29) is 0 Å². The maximum Gasteiger partial charge on any atom is 0.122 e. The normalized spacial score (nSPS) is 12.5. The van der Waals surface area contributed by atoms with E-state index in [1.165, 1.54) is 0 Å². The number of methoxy groups -OCH3 is 1. The van der Waals surface area contributed by atoms with E-state index in [2.05, 4.69) is 35.1 Å². The molecule has 0 spiro atoms. The van der Waals surface area contributed by atoms with Crippen molar-refractivity contribution in [3.8, 4) is 5.75 Å². The maximum absolute atomic E-state index is 9.79. The molecular weight excluding hydrogens is 310 g/mol. The zero-order valence-electron chi connectivity index (χ0n) is 11.6. The van der Waals surface area contributed by atoms with E-state index in [0.717, 1.165) is 15.9 Å². The van der Waals surface area contributed by atoms with Crippen LogP contribution < -0.4 is 10.1 Å². The van der Waals surface area contributed by atoms with Crippen molar-refractivity contribution in [3.63, 3.8) is 0 Å². The summed E-state index contributed by atoms with van der Waals surface area (Å²) in [6.07, 6.45) is -0.524. The molecule has 0 aliphatic carbocycles. The second-order valence-electron chi connectivity index (χ2n) is 4.85. The number of rotatable bonds is 8. The Morgan fingerprint density at radius 2 is 2.00 bits per heavy atom. The number of hydrogen-bond donors (Lipinski definition) is 2. The van der Waals surface area contributed by atoms with Crippen LogP contribution in [0.15, 0.2) is 22.7 Å². The minimum atomic E-state index is -0.524. The molecule has 2 N–H and O–H groups in total. The number of benzene rings is 1. The lowest BCUT2D eigenvalue weighted by Crippen LogP contribution is -2.25. The van der Waals surface area contributed by atoms with Crippen molar-refractivity contribution < 1.29 is 14.6 Å². The molecule has 108 valence electrons. The standard InChI is InChI=1S/C14H22BrNO3/c1-10(2)8-19-9-13(17)7-16-12-4-11(15)5-14(6-12)18-3/h4-6,10,13,16-17H,7-9H2,1-3H3. The van der Waals surface area contributed by atoms with Gasteiger partial charge in [0.15, 0.2) is 0 Å². The summed E-state index contributed by atoms with van der Waals surface area (Å²) >= 11 is 3.41. The van der Waals surface area contributed by atoms with Gasteiger partial charge in [0.2, 0.25) is 0 Å². The third-order valence-corrected chi connectivity index (χ3v) is 2.87. The van der Waals surface area contributed by atoms with Gasteiger partial charge in [0, 0.05) is 29.4 Å². The molecule has 19 heavy (non-hydrogen) atoms. The first-order valence-electron chi connectivity index (χ1n) is 6.35. The van der Waals surface area contributed by atoms with Crippen LogP contribution in [0.3, 0.4) is 0 Å². The summed E-state index contributed by atoms with van der Waals surface area (Å²) in [4.78, 5) is 0. The van der Waals surface area contributed by atoms with Gasteiger partial charge in [0.25, 0.3) is 0 Å². The molecule has 0 fully saturated rings. The number of aliphatic hydroxyl groups is 1. The summed E-state index contributed by atoms with van der Waals surface area (Å²) in [5.41, 5.74) is 0.897. The van der Waals surface area contributed by atoms with Gasteiger partial charge in [-0.3, -0.25) is 0 Å². The van der Waals surface area contributed by atoms with Gasteiger partial charge >= 0.3 is 0 Å². The molecule has 0 radical (unpaired) electrons. The molecule has 0 aliphatic heterocycles. The molecule has 0 saturated heterocycles. The van der Waals surface area contributed by atoms with Crippen molar-refractivity contribution in [2.75, 3.05) is 32.2 Å². The van der Waals surface area contributed by atoms with E-state index in [4.69, 9.17) is 9.47 Å². The van der Waals surface area contributed by atoms with Gasteiger partial charge < -0.3 is 19.9 Å². The van der Waals surface area contributed by atoms with E-state index < -0.39 is 6.10 Å². The topological polar surface area (TPSA) is 50.7 Å². The third-order valence-electron chi connectivity index (χ3n) is 2.41. The minimum Gasteiger partial charge on any atom is -0.497 e. The van der Waals surface area contributed by atoms with E-state index in [1.54, 1.807) is 7.11 Å². The van der Waals surface area contributed by atoms with Gasteiger partial charge in [-0.25, -0.2) is 0 Å². The first-order valence-corrected chi connectivity index (χ1v) is 7.14. The van der Waals surface area contributed by atoms with Crippen LogP contribution in [-0.4, -0.2) is 38.1 Å². The van der Waals surface area contributed by atoms with Crippen LogP contribution in [0.1, 0.15) is 13.8 Å². The largest absolute Gasteiger partial charge is 0.497 e. The van der Waals surface area contributed by atoms with Gasteiger partial charge in [-0.2, -0.15) is 0 Å². The SMILES string of the molecule is COc1cc(Br)cc(NCC(O)COCC(C)C)c1. The Balaban J connectivity index is 2.37. The van der Waals surface area contributed by atoms with Gasteiger partial charge in [0.1, 0.15) is 5.75 Å². The molecule has 1 unspecified atom stereocenters. The van der Waals surface area contributed by atoms with Crippen LogP contribution in [0.5, 0.6) is 5.75 Å². The molecule has 4 nitrogen and oxygen atoms in total. The van der Waals surface area contributed by atoms with Crippen molar-refractivity contribution in [1.29, 1.82) is 0 Å². The van der Waals surface area contributed by atoms with E-state index in [9.17, 15) is 5.11 Å². The third kappa shape index (κ3) is 6.80. The van der Waals surface area contributed by atoms with Crippen molar-refractivity contribution in [2.45, 2.75) is 20.0 Å². The zero-order chi connectivity index (χ0) is 14.3. The molecule has 5 heteroatoms. The first-order chi connectivity index (χ1) is 9.01. The molecule has 1 aromatic carbocycles. The maximum atomic E-state index is 9.79. The van der Waals surface area contributed by atoms with Crippen LogP contribution in [0, 0.1) is 5.92 Å². The van der Waals surface area contributed by atoms with Gasteiger partial charge in [-0.05, 0) is 18.1 Å². The lowest BCUT2D eigenvalue weighted by molar-refractivity contribution is 0.0318. The highest BCUT2D eigenvalue weighted by atomic mass is 79.9. The number of aliphatic hydroxyl groups excluding tert-OH is 1. The van der Waals surface area contributed by atoms with E-state index >= 15 is 0 Å². The fourth-order valence-corrected chi connectivity index (χ4v) is 1.99. The Kier molecular flexibility index (Phi) is 7.20. The average Bonchev–Trinajstić information content (AvgIpc) is 2.35. The highest BCUT2D eigenvalue weighted by molar-refractivity contribution is 9.10. The summed E-state index contributed by atoms with van der Waals surface area (Å²) in [6.45, 7) is 5.62. The number of halogens is 1. The van der Waals surface area contributed by atoms with Crippen LogP contribution in [-0.2, 0) is 4.74 Å². The molecule has 1 atom stereocenters. The fourth-order valence-electron chi connectivity index (χ4n) is 1.52. The molecule has 0 amide bonds. The zero-order valence-corrected chi connectivity index (χ0v) is 13.2. The average molecular weight is 332 g/mol. The Bertz CT molecular complexity index is 385. The predicted octanol–water partition coefficient (Wildman–Crippen LogP) is 2.90. The summed E-state index contributed by atoms with van der Waals surface area (Å²) < 4.78 is 11.5. The predicted molar refractivity (Wildman–Crippen MR) is 80.8 cm³/mol. The lowest BCUT2D eigenvalue weighted by atomic mass is 10.2. The highest BCUT2D eigenvalue weighted by Gasteiger charge is 2.06.